The Morgan fingerprint density at radius 2 is 2.00 bits per heavy atom. The maximum Gasteiger partial charge on any atom is 0.433 e. The van der Waals surface area contributed by atoms with Gasteiger partial charge in [0, 0.05) is 18.3 Å². The zero-order valence-corrected chi connectivity index (χ0v) is 10.6. The van der Waals surface area contributed by atoms with Crippen LogP contribution in [0.3, 0.4) is 0 Å². The Labute approximate surface area is 113 Å². The number of aryl methyl sites for hydroxylation is 1. The summed E-state index contributed by atoms with van der Waals surface area (Å²) in [4.78, 5) is 7.49. The Hall–Kier alpha value is -2.15. The molecule has 0 saturated carbocycles. The highest BCUT2D eigenvalue weighted by molar-refractivity contribution is 5.35. The summed E-state index contributed by atoms with van der Waals surface area (Å²) in [5.74, 6) is 0.187. The summed E-state index contributed by atoms with van der Waals surface area (Å²) in [5, 5.41) is 0. The Balaban J connectivity index is 2.42. The van der Waals surface area contributed by atoms with E-state index in [9.17, 15) is 13.2 Å². The van der Waals surface area contributed by atoms with Crippen molar-refractivity contribution in [2.24, 2.45) is 5.73 Å². The monoisotopic (exact) mass is 283 g/mol. The van der Waals surface area contributed by atoms with Gasteiger partial charge < -0.3 is 10.5 Å². The number of nitrogens with two attached hydrogens (primary N) is 1. The molecule has 4 nitrogen and oxygen atoms in total. The zero-order chi connectivity index (χ0) is 14.8. The molecule has 0 spiro atoms. The van der Waals surface area contributed by atoms with E-state index in [4.69, 9.17) is 10.5 Å². The van der Waals surface area contributed by atoms with Gasteiger partial charge in [-0.15, -0.1) is 0 Å². The Bertz CT molecular complexity index is 614. The van der Waals surface area contributed by atoms with Crippen LogP contribution in [0.5, 0.6) is 11.6 Å². The molecule has 0 aliphatic rings. The third-order valence-corrected chi connectivity index (χ3v) is 2.61. The van der Waals surface area contributed by atoms with Crippen LogP contribution >= 0.6 is 0 Å². The molecule has 0 aliphatic heterocycles. The topological polar surface area (TPSA) is 61.0 Å². The number of aromatic nitrogens is 2. The highest BCUT2D eigenvalue weighted by atomic mass is 19.4. The predicted octanol–water partition coefficient (Wildman–Crippen LogP) is 3.05. The molecular weight excluding hydrogens is 271 g/mol. The number of ether oxygens (including phenoxy) is 1. The fourth-order valence-corrected chi connectivity index (χ4v) is 1.55. The van der Waals surface area contributed by atoms with E-state index in [2.05, 4.69) is 9.97 Å². The van der Waals surface area contributed by atoms with E-state index >= 15 is 0 Å². The first-order valence-corrected chi connectivity index (χ1v) is 5.78. The highest BCUT2D eigenvalue weighted by Gasteiger charge is 2.33. The van der Waals surface area contributed by atoms with Crippen LogP contribution in [0, 0.1) is 6.92 Å². The van der Waals surface area contributed by atoms with Crippen molar-refractivity contribution in [3.63, 3.8) is 0 Å². The maximum absolute atomic E-state index is 12.7. The Kier molecular flexibility index (Phi) is 3.89. The molecule has 0 unspecified atom stereocenters. The molecule has 0 aliphatic carbocycles. The number of nitrogens with zero attached hydrogens (tertiary/aromatic N) is 2. The highest BCUT2D eigenvalue weighted by Crippen LogP contribution is 2.32. The minimum Gasteiger partial charge on any atom is -0.437 e. The van der Waals surface area contributed by atoms with Crippen LogP contribution in [-0.2, 0) is 12.7 Å². The number of pyridine rings is 2. The molecule has 106 valence electrons. The second-order valence-corrected chi connectivity index (χ2v) is 4.05. The number of hydrogen-bond donors (Lipinski definition) is 1. The first-order chi connectivity index (χ1) is 9.41. The van der Waals surface area contributed by atoms with Crippen LogP contribution in [0.25, 0.3) is 0 Å². The second-order valence-electron chi connectivity index (χ2n) is 4.05. The summed E-state index contributed by atoms with van der Waals surface area (Å²) >= 11 is 0. The summed E-state index contributed by atoms with van der Waals surface area (Å²) in [6.07, 6.45) is -2.97. The minimum absolute atomic E-state index is 0.0276. The van der Waals surface area contributed by atoms with Gasteiger partial charge in [0.05, 0.1) is 5.69 Å². The molecule has 7 heteroatoms. The molecule has 0 radical (unpaired) electrons. The molecule has 2 rings (SSSR count). The fraction of sp³-hybridized carbons (Fsp3) is 0.231. The van der Waals surface area contributed by atoms with E-state index in [1.54, 1.807) is 25.3 Å². The first kappa shape index (κ1) is 14.3. The van der Waals surface area contributed by atoms with E-state index in [1.807, 2.05) is 0 Å². The van der Waals surface area contributed by atoms with Crippen molar-refractivity contribution < 1.29 is 17.9 Å². The van der Waals surface area contributed by atoms with Gasteiger partial charge in [0.2, 0.25) is 5.88 Å². The summed E-state index contributed by atoms with van der Waals surface area (Å²) in [7, 11) is 0. The fourth-order valence-electron chi connectivity index (χ4n) is 1.55. The lowest BCUT2D eigenvalue weighted by Crippen LogP contribution is -2.11. The predicted molar refractivity (Wildman–Crippen MR) is 66.2 cm³/mol. The zero-order valence-electron chi connectivity index (χ0n) is 10.6. The van der Waals surface area contributed by atoms with Crippen molar-refractivity contribution in [2.75, 3.05) is 0 Å². The molecule has 20 heavy (non-hydrogen) atoms. The van der Waals surface area contributed by atoms with Gasteiger partial charge in [0.1, 0.15) is 5.69 Å². The van der Waals surface area contributed by atoms with Crippen LogP contribution in [0.2, 0.25) is 0 Å². The quantitative estimate of drug-likeness (QED) is 0.940. The molecule has 0 atom stereocenters. The van der Waals surface area contributed by atoms with E-state index in [1.165, 1.54) is 6.07 Å². The average Bonchev–Trinajstić information content (AvgIpc) is 2.40. The van der Waals surface area contributed by atoms with Gasteiger partial charge in [0.15, 0.2) is 5.75 Å². The summed E-state index contributed by atoms with van der Waals surface area (Å²) in [6, 6.07) is 5.37. The van der Waals surface area contributed by atoms with Gasteiger partial charge in [-0.3, -0.25) is 4.98 Å². The van der Waals surface area contributed by atoms with Crippen molar-refractivity contribution in [1.82, 2.24) is 9.97 Å². The van der Waals surface area contributed by atoms with Gasteiger partial charge in [0.25, 0.3) is 0 Å². The van der Waals surface area contributed by atoms with Crippen molar-refractivity contribution in [1.29, 1.82) is 0 Å². The van der Waals surface area contributed by atoms with E-state index in [0.29, 0.717) is 17.0 Å². The van der Waals surface area contributed by atoms with Crippen LogP contribution < -0.4 is 10.5 Å². The van der Waals surface area contributed by atoms with Crippen LogP contribution in [-0.4, -0.2) is 9.97 Å². The van der Waals surface area contributed by atoms with Gasteiger partial charge in [-0.2, -0.15) is 13.2 Å². The van der Waals surface area contributed by atoms with Crippen molar-refractivity contribution in [2.45, 2.75) is 19.6 Å². The molecule has 0 bridgehead atoms. The first-order valence-electron chi connectivity index (χ1n) is 5.78. The standard InChI is InChI=1S/C13H12F3N3O/c1-8-10(3-2-6-18-8)20-12-9(7-17)4-5-11(19-12)13(14,15)16/h2-6H,7,17H2,1H3. The average molecular weight is 283 g/mol. The van der Waals surface area contributed by atoms with E-state index in [0.717, 1.165) is 6.07 Å². The number of hydrogen-bond acceptors (Lipinski definition) is 4. The molecule has 0 aromatic carbocycles. The van der Waals surface area contributed by atoms with Crippen LogP contribution in [0.15, 0.2) is 30.5 Å². The van der Waals surface area contributed by atoms with Gasteiger partial charge in [-0.1, -0.05) is 6.07 Å². The van der Waals surface area contributed by atoms with Crippen molar-refractivity contribution in [3.05, 3.63) is 47.4 Å². The maximum atomic E-state index is 12.7. The lowest BCUT2D eigenvalue weighted by molar-refractivity contribution is -0.141. The second kappa shape index (κ2) is 5.46. The lowest BCUT2D eigenvalue weighted by atomic mass is 10.2. The smallest absolute Gasteiger partial charge is 0.433 e. The molecule has 0 amide bonds. The molecule has 0 saturated heterocycles. The molecule has 2 aromatic rings. The third-order valence-electron chi connectivity index (χ3n) is 2.61. The van der Waals surface area contributed by atoms with Crippen molar-refractivity contribution in [3.8, 4) is 11.6 Å². The molecule has 2 aromatic heterocycles. The van der Waals surface area contributed by atoms with Crippen molar-refractivity contribution >= 4 is 0 Å². The van der Waals surface area contributed by atoms with E-state index in [-0.39, 0.29) is 12.4 Å². The molecule has 0 fully saturated rings. The summed E-state index contributed by atoms with van der Waals surface area (Å²) < 4.78 is 43.4. The van der Waals surface area contributed by atoms with Gasteiger partial charge >= 0.3 is 6.18 Å². The molecule has 2 heterocycles. The Morgan fingerprint density at radius 3 is 2.60 bits per heavy atom. The van der Waals surface area contributed by atoms with Gasteiger partial charge in [-0.05, 0) is 25.1 Å². The number of halogens is 3. The minimum atomic E-state index is -4.53. The third kappa shape index (κ3) is 3.05. The molecule has 2 N–H and O–H groups in total. The van der Waals surface area contributed by atoms with E-state index < -0.39 is 11.9 Å². The van der Waals surface area contributed by atoms with Gasteiger partial charge in [-0.25, -0.2) is 4.98 Å². The summed E-state index contributed by atoms with van der Waals surface area (Å²) in [6.45, 7) is 1.71. The summed E-state index contributed by atoms with van der Waals surface area (Å²) in [5.41, 5.74) is 5.40. The number of rotatable bonds is 3. The number of alkyl halides is 3. The lowest BCUT2D eigenvalue weighted by Gasteiger charge is -2.13. The van der Waals surface area contributed by atoms with Crippen LogP contribution in [0.4, 0.5) is 13.2 Å². The largest absolute Gasteiger partial charge is 0.437 e. The normalized spacial score (nSPS) is 11.4. The SMILES string of the molecule is Cc1ncccc1Oc1nc(C(F)(F)F)ccc1CN. The Morgan fingerprint density at radius 1 is 1.25 bits per heavy atom. The molecular formula is C13H12F3N3O. The van der Waals surface area contributed by atoms with Crippen LogP contribution in [0.1, 0.15) is 17.0 Å².